The lowest BCUT2D eigenvalue weighted by Crippen LogP contribution is -2.33. The highest BCUT2D eigenvalue weighted by Gasteiger charge is 2.66. The summed E-state index contributed by atoms with van der Waals surface area (Å²) >= 11 is 0. The molecule has 3 heteroatoms. The molecular formula is C13H22N2O. The predicted octanol–water partition coefficient (Wildman–Crippen LogP) is 1.59. The molecular weight excluding hydrogens is 200 g/mol. The summed E-state index contributed by atoms with van der Waals surface area (Å²) in [5.41, 5.74) is 0.641. The quantitative estimate of drug-likeness (QED) is 0.769. The highest BCUT2D eigenvalue weighted by molar-refractivity contribution is 5.91. The number of hydrogen-bond acceptors (Lipinski definition) is 2. The molecule has 2 saturated carbocycles. The van der Waals surface area contributed by atoms with Gasteiger partial charge in [-0.15, -0.1) is 0 Å². The average Bonchev–Trinajstić information content (AvgIpc) is 2.99. The van der Waals surface area contributed by atoms with Gasteiger partial charge in [0.1, 0.15) is 0 Å². The Morgan fingerprint density at radius 1 is 1.25 bits per heavy atom. The van der Waals surface area contributed by atoms with Crippen LogP contribution >= 0.6 is 0 Å². The van der Waals surface area contributed by atoms with E-state index in [-0.39, 0.29) is 5.54 Å². The molecule has 3 aliphatic rings. The van der Waals surface area contributed by atoms with Gasteiger partial charge >= 0.3 is 0 Å². The Morgan fingerprint density at radius 2 is 1.81 bits per heavy atom. The first-order valence-corrected chi connectivity index (χ1v) is 6.36. The van der Waals surface area contributed by atoms with Crippen LogP contribution in [0.15, 0.2) is 0 Å². The maximum atomic E-state index is 12.1. The van der Waals surface area contributed by atoms with Crippen molar-refractivity contribution in [2.75, 3.05) is 13.2 Å². The SMILES string of the molecule is CC1(C)C(CN2CNC3(CC3)C2=O)C1(C)C. The van der Waals surface area contributed by atoms with E-state index in [2.05, 4.69) is 33.0 Å². The lowest BCUT2D eigenvalue weighted by atomic mass is 10.0. The summed E-state index contributed by atoms with van der Waals surface area (Å²) in [6, 6.07) is 0. The van der Waals surface area contributed by atoms with Gasteiger partial charge in [0.15, 0.2) is 0 Å². The van der Waals surface area contributed by atoms with Crippen molar-refractivity contribution in [2.24, 2.45) is 16.7 Å². The van der Waals surface area contributed by atoms with E-state index >= 15 is 0 Å². The number of amides is 1. The number of nitrogens with zero attached hydrogens (tertiary/aromatic N) is 1. The van der Waals surface area contributed by atoms with Gasteiger partial charge in [0.05, 0.1) is 12.2 Å². The zero-order chi connectivity index (χ0) is 11.8. The summed E-state index contributed by atoms with van der Waals surface area (Å²) < 4.78 is 0. The molecule has 16 heavy (non-hydrogen) atoms. The molecule has 1 aliphatic heterocycles. The van der Waals surface area contributed by atoms with Crippen LogP contribution in [0.4, 0.5) is 0 Å². The highest BCUT2D eigenvalue weighted by atomic mass is 16.2. The van der Waals surface area contributed by atoms with E-state index in [1.165, 1.54) is 0 Å². The summed E-state index contributed by atoms with van der Waals surface area (Å²) in [6.45, 7) is 11.0. The minimum atomic E-state index is -0.122. The summed E-state index contributed by atoms with van der Waals surface area (Å²) in [7, 11) is 0. The first-order valence-electron chi connectivity index (χ1n) is 6.36. The molecule has 1 heterocycles. The molecule has 0 aromatic carbocycles. The van der Waals surface area contributed by atoms with Crippen LogP contribution in [-0.4, -0.2) is 29.6 Å². The zero-order valence-electron chi connectivity index (χ0n) is 10.8. The molecule has 0 radical (unpaired) electrons. The van der Waals surface area contributed by atoms with Gasteiger partial charge in [-0.05, 0) is 29.6 Å². The summed E-state index contributed by atoms with van der Waals surface area (Å²) in [5.74, 6) is 1.01. The van der Waals surface area contributed by atoms with Crippen molar-refractivity contribution in [1.82, 2.24) is 10.2 Å². The molecule has 0 bridgehead atoms. The van der Waals surface area contributed by atoms with Crippen LogP contribution in [0.2, 0.25) is 0 Å². The second kappa shape index (κ2) is 2.63. The summed E-state index contributed by atoms with van der Waals surface area (Å²) in [6.07, 6.45) is 2.08. The fourth-order valence-corrected chi connectivity index (χ4v) is 3.37. The normalized spacial score (nSPS) is 33.5. The van der Waals surface area contributed by atoms with Gasteiger partial charge in [0.25, 0.3) is 0 Å². The van der Waals surface area contributed by atoms with E-state index in [4.69, 9.17) is 0 Å². The first kappa shape index (κ1) is 10.6. The lowest BCUT2D eigenvalue weighted by molar-refractivity contribution is -0.130. The first-order chi connectivity index (χ1) is 7.31. The molecule has 2 aliphatic carbocycles. The summed E-state index contributed by atoms with van der Waals surface area (Å²) in [4.78, 5) is 14.2. The predicted molar refractivity (Wildman–Crippen MR) is 62.7 cm³/mol. The molecule has 1 spiro atoms. The number of carbonyl (C=O) groups excluding carboxylic acids is 1. The van der Waals surface area contributed by atoms with E-state index in [1.54, 1.807) is 0 Å². The topological polar surface area (TPSA) is 32.3 Å². The van der Waals surface area contributed by atoms with Gasteiger partial charge in [-0.25, -0.2) is 0 Å². The number of nitrogens with one attached hydrogen (secondary N) is 1. The minimum Gasteiger partial charge on any atom is -0.328 e. The largest absolute Gasteiger partial charge is 0.328 e. The monoisotopic (exact) mass is 222 g/mol. The van der Waals surface area contributed by atoms with E-state index < -0.39 is 0 Å². The molecule has 3 fully saturated rings. The van der Waals surface area contributed by atoms with Crippen LogP contribution in [0.3, 0.4) is 0 Å². The van der Waals surface area contributed by atoms with Crippen LogP contribution < -0.4 is 5.32 Å². The molecule has 0 atom stereocenters. The second-order valence-electron chi connectivity index (χ2n) is 6.94. The average molecular weight is 222 g/mol. The fraction of sp³-hybridized carbons (Fsp3) is 0.923. The van der Waals surface area contributed by atoms with Crippen molar-refractivity contribution in [2.45, 2.75) is 46.1 Å². The maximum absolute atomic E-state index is 12.1. The van der Waals surface area contributed by atoms with Crippen LogP contribution in [-0.2, 0) is 4.79 Å². The molecule has 3 rings (SSSR count). The second-order valence-corrected chi connectivity index (χ2v) is 6.94. The summed E-state index contributed by atoms with van der Waals surface area (Å²) in [5, 5.41) is 3.37. The standard InChI is InChI=1S/C13H22N2O/c1-11(2)9(12(11,3)4)7-15-8-14-13(5-6-13)10(15)16/h9,14H,5-8H2,1-4H3. The van der Waals surface area contributed by atoms with Crippen molar-refractivity contribution in [1.29, 1.82) is 0 Å². The molecule has 3 nitrogen and oxygen atoms in total. The maximum Gasteiger partial charge on any atom is 0.243 e. The third-order valence-corrected chi connectivity index (χ3v) is 5.78. The van der Waals surface area contributed by atoms with Crippen molar-refractivity contribution in [3.05, 3.63) is 0 Å². The Kier molecular flexibility index (Phi) is 1.74. The molecule has 90 valence electrons. The Labute approximate surface area is 97.6 Å². The number of rotatable bonds is 2. The molecule has 1 saturated heterocycles. The Hall–Kier alpha value is -0.570. The van der Waals surface area contributed by atoms with E-state index in [0.29, 0.717) is 22.7 Å². The number of hydrogen-bond donors (Lipinski definition) is 1. The molecule has 1 N–H and O–H groups in total. The van der Waals surface area contributed by atoms with Gasteiger partial charge in [-0.2, -0.15) is 0 Å². The van der Waals surface area contributed by atoms with Gasteiger partial charge in [0.2, 0.25) is 5.91 Å². The van der Waals surface area contributed by atoms with E-state index in [9.17, 15) is 4.79 Å². The van der Waals surface area contributed by atoms with Crippen molar-refractivity contribution in [3.63, 3.8) is 0 Å². The van der Waals surface area contributed by atoms with Gasteiger partial charge < -0.3 is 4.90 Å². The van der Waals surface area contributed by atoms with Crippen molar-refractivity contribution < 1.29 is 4.79 Å². The molecule has 0 aromatic heterocycles. The molecule has 1 amide bonds. The Morgan fingerprint density at radius 3 is 2.19 bits per heavy atom. The fourth-order valence-electron chi connectivity index (χ4n) is 3.37. The van der Waals surface area contributed by atoms with Crippen LogP contribution in [0, 0.1) is 16.7 Å². The smallest absolute Gasteiger partial charge is 0.243 e. The van der Waals surface area contributed by atoms with Gasteiger partial charge in [0, 0.05) is 6.54 Å². The Balaban J connectivity index is 1.68. The third-order valence-electron chi connectivity index (χ3n) is 5.78. The van der Waals surface area contributed by atoms with Crippen LogP contribution in [0.1, 0.15) is 40.5 Å². The number of carbonyl (C=O) groups is 1. The van der Waals surface area contributed by atoms with Crippen molar-refractivity contribution >= 4 is 5.91 Å². The van der Waals surface area contributed by atoms with Gasteiger partial charge in [-0.1, -0.05) is 27.7 Å². The zero-order valence-corrected chi connectivity index (χ0v) is 10.8. The van der Waals surface area contributed by atoms with Crippen LogP contribution in [0.25, 0.3) is 0 Å². The highest BCUT2D eigenvalue weighted by Crippen LogP contribution is 2.68. The van der Waals surface area contributed by atoms with Crippen LogP contribution in [0.5, 0.6) is 0 Å². The van der Waals surface area contributed by atoms with E-state index in [0.717, 1.165) is 26.1 Å². The van der Waals surface area contributed by atoms with Gasteiger partial charge in [-0.3, -0.25) is 10.1 Å². The molecule has 0 aromatic rings. The lowest BCUT2D eigenvalue weighted by Gasteiger charge is -2.16. The minimum absolute atomic E-state index is 0.122. The Bertz CT molecular complexity index is 341. The van der Waals surface area contributed by atoms with Crippen molar-refractivity contribution in [3.8, 4) is 0 Å². The van der Waals surface area contributed by atoms with E-state index in [1.807, 2.05) is 4.90 Å². The third kappa shape index (κ3) is 1.10. The molecule has 0 unspecified atom stereocenters.